The molecule has 7 nitrogen and oxygen atoms in total. The van der Waals surface area contributed by atoms with Gasteiger partial charge >= 0.3 is 0 Å². The molecular weight excluding hydrogens is 274 g/mol. The van der Waals surface area contributed by atoms with Crippen molar-refractivity contribution in [1.82, 2.24) is 20.2 Å². The molecule has 84 valence electrons. The Bertz CT molecular complexity index is 567. The molecule has 0 aromatic carbocycles. The predicted octanol–water partition coefficient (Wildman–Crippen LogP) is 0.782. The maximum absolute atomic E-state index is 11.7. The molecular formula is C6H4ClN5O2S2. The van der Waals surface area contributed by atoms with E-state index in [1.165, 1.54) is 5.51 Å². The average molecular weight is 278 g/mol. The van der Waals surface area contributed by atoms with Crippen LogP contribution in [0.3, 0.4) is 0 Å². The molecule has 0 radical (unpaired) electrons. The summed E-state index contributed by atoms with van der Waals surface area (Å²) in [6.45, 7) is 0. The minimum Gasteiger partial charge on any atom is -0.253 e. The van der Waals surface area contributed by atoms with Crippen LogP contribution >= 0.6 is 22.9 Å². The van der Waals surface area contributed by atoms with E-state index < -0.39 is 10.0 Å². The SMILES string of the molecule is O=S(=O)(Nc1nncs1)c1cnc(Cl)nc1. The molecule has 1 N–H and O–H groups in total. The number of sulfonamides is 1. The van der Waals surface area contributed by atoms with E-state index in [1.807, 2.05) is 0 Å². The zero-order chi connectivity index (χ0) is 11.6. The average Bonchev–Trinajstić information content (AvgIpc) is 2.70. The Morgan fingerprint density at radius 2 is 2.00 bits per heavy atom. The van der Waals surface area contributed by atoms with Crippen molar-refractivity contribution in [2.45, 2.75) is 4.90 Å². The normalized spacial score (nSPS) is 11.3. The Morgan fingerprint density at radius 1 is 1.31 bits per heavy atom. The predicted molar refractivity (Wildman–Crippen MR) is 57.8 cm³/mol. The third-order valence-electron chi connectivity index (χ3n) is 1.49. The quantitative estimate of drug-likeness (QED) is 0.833. The molecule has 0 spiro atoms. The van der Waals surface area contributed by atoms with Crippen molar-refractivity contribution in [2.24, 2.45) is 0 Å². The van der Waals surface area contributed by atoms with E-state index in [4.69, 9.17) is 11.6 Å². The van der Waals surface area contributed by atoms with Gasteiger partial charge in [0.25, 0.3) is 10.0 Å². The van der Waals surface area contributed by atoms with Gasteiger partial charge in [-0.05, 0) is 11.6 Å². The Balaban J connectivity index is 2.29. The monoisotopic (exact) mass is 277 g/mol. The standard InChI is InChI=1S/C6H4ClN5O2S2/c7-5-8-1-4(2-9-5)16(13,14)12-6-11-10-3-15-6/h1-3H,(H,11,12). The molecule has 0 saturated heterocycles. The van der Waals surface area contributed by atoms with Gasteiger partial charge in [0.15, 0.2) is 0 Å². The number of nitrogens with zero attached hydrogens (tertiary/aromatic N) is 4. The van der Waals surface area contributed by atoms with Crippen molar-refractivity contribution < 1.29 is 8.42 Å². The van der Waals surface area contributed by atoms with Crippen LogP contribution in [0.2, 0.25) is 5.28 Å². The molecule has 0 saturated carbocycles. The zero-order valence-electron chi connectivity index (χ0n) is 7.53. The molecule has 2 aromatic heterocycles. The van der Waals surface area contributed by atoms with E-state index in [9.17, 15) is 8.42 Å². The van der Waals surface area contributed by atoms with Crippen LogP contribution in [-0.2, 0) is 10.0 Å². The van der Waals surface area contributed by atoms with Crippen molar-refractivity contribution in [2.75, 3.05) is 4.72 Å². The van der Waals surface area contributed by atoms with Crippen LogP contribution in [0.25, 0.3) is 0 Å². The summed E-state index contributed by atoms with van der Waals surface area (Å²) in [6.07, 6.45) is 2.22. The minimum atomic E-state index is -3.73. The third kappa shape index (κ3) is 2.43. The Kier molecular flexibility index (Phi) is 2.99. The summed E-state index contributed by atoms with van der Waals surface area (Å²) < 4.78 is 25.7. The van der Waals surface area contributed by atoms with Crippen LogP contribution in [0.1, 0.15) is 0 Å². The van der Waals surface area contributed by atoms with Gasteiger partial charge in [-0.2, -0.15) is 0 Å². The fourth-order valence-corrected chi connectivity index (χ4v) is 2.51. The summed E-state index contributed by atoms with van der Waals surface area (Å²) in [5.74, 6) is 0. The lowest BCUT2D eigenvalue weighted by Crippen LogP contribution is -2.13. The van der Waals surface area contributed by atoms with Gasteiger partial charge in [0.1, 0.15) is 10.4 Å². The van der Waals surface area contributed by atoms with Crippen molar-refractivity contribution in [3.05, 3.63) is 23.2 Å². The minimum absolute atomic E-state index is 0.0186. The highest BCUT2D eigenvalue weighted by atomic mass is 35.5. The van der Waals surface area contributed by atoms with Gasteiger partial charge in [-0.25, -0.2) is 18.4 Å². The molecule has 0 aliphatic carbocycles. The van der Waals surface area contributed by atoms with Crippen LogP contribution in [0.4, 0.5) is 5.13 Å². The Hall–Kier alpha value is -1.32. The van der Waals surface area contributed by atoms with Crippen molar-refractivity contribution in [3.8, 4) is 0 Å². The van der Waals surface area contributed by atoms with Crippen LogP contribution in [0.5, 0.6) is 0 Å². The second-order valence-electron chi connectivity index (χ2n) is 2.54. The first-order chi connectivity index (χ1) is 7.58. The number of halogens is 1. The molecule has 0 aliphatic rings. The number of aromatic nitrogens is 4. The molecule has 0 aliphatic heterocycles. The first-order valence-corrected chi connectivity index (χ1v) is 6.58. The van der Waals surface area contributed by atoms with E-state index in [1.54, 1.807) is 0 Å². The highest BCUT2D eigenvalue weighted by Crippen LogP contribution is 2.15. The van der Waals surface area contributed by atoms with Gasteiger partial charge in [-0.15, -0.1) is 10.2 Å². The molecule has 0 fully saturated rings. The Morgan fingerprint density at radius 3 is 2.56 bits per heavy atom. The zero-order valence-corrected chi connectivity index (χ0v) is 9.92. The molecule has 0 amide bonds. The molecule has 2 rings (SSSR count). The van der Waals surface area contributed by atoms with E-state index in [0.29, 0.717) is 0 Å². The topological polar surface area (TPSA) is 97.7 Å². The molecule has 2 heterocycles. The van der Waals surface area contributed by atoms with E-state index in [-0.39, 0.29) is 15.3 Å². The largest absolute Gasteiger partial charge is 0.266 e. The van der Waals surface area contributed by atoms with E-state index in [2.05, 4.69) is 24.9 Å². The molecule has 0 bridgehead atoms. The van der Waals surface area contributed by atoms with E-state index in [0.717, 1.165) is 23.7 Å². The maximum atomic E-state index is 11.7. The summed E-state index contributed by atoms with van der Waals surface area (Å²) in [5, 5.41) is 7.22. The lowest BCUT2D eigenvalue weighted by molar-refractivity contribution is 0.600. The lowest BCUT2D eigenvalue weighted by Gasteiger charge is -2.02. The maximum Gasteiger partial charge on any atom is 0.266 e. The second kappa shape index (κ2) is 4.28. The van der Waals surface area contributed by atoms with Crippen molar-refractivity contribution >= 4 is 38.1 Å². The van der Waals surface area contributed by atoms with Crippen LogP contribution in [0, 0.1) is 0 Å². The van der Waals surface area contributed by atoms with E-state index >= 15 is 0 Å². The van der Waals surface area contributed by atoms with Gasteiger partial charge in [0.05, 0.1) is 12.4 Å². The molecule has 10 heteroatoms. The first kappa shape index (κ1) is 11.2. The number of anilines is 1. The molecule has 16 heavy (non-hydrogen) atoms. The second-order valence-corrected chi connectivity index (χ2v) is 5.39. The van der Waals surface area contributed by atoms with Crippen molar-refractivity contribution in [3.63, 3.8) is 0 Å². The summed E-state index contributed by atoms with van der Waals surface area (Å²) in [7, 11) is -3.73. The summed E-state index contributed by atoms with van der Waals surface area (Å²) in [4.78, 5) is 7.06. The van der Waals surface area contributed by atoms with Gasteiger partial charge in [-0.3, -0.25) is 4.72 Å². The number of nitrogens with one attached hydrogen (secondary N) is 1. The van der Waals surface area contributed by atoms with Crippen molar-refractivity contribution in [1.29, 1.82) is 0 Å². The smallest absolute Gasteiger partial charge is 0.253 e. The first-order valence-electron chi connectivity index (χ1n) is 3.84. The summed E-state index contributed by atoms with van der Waals surface area (Å²) in [5.41, 5.74) is 1.41. The summed E-state index contributed by atoms with van der Waals surface area (Å²) in [6, 6.07) is 0. The van der Waals surface area contributed by atoms with Gasteiger partial charge in [0, 0.05) is 0 Å². The molecule has 2 aromatic rings. The van der Waals surface area contributed by atoms with Gasteiger partial charge < -0.3 is 0 Å². The highest BCUT2D eigenvalue weighted by molar-refractivity contribution is 7.93. The van der Waals surface area contributed by atoms with Gasteiger partial charge in [0.2, 0.25) is 10.4 Å². The van der Waals surface area contributed by atoms with Crippen LogP contribution in [-0.4, -0.2) is 28.6 Å². The fourth-order valence-electron chi connectivity index (χ4n) is 0.831. The van der Waals surface area contributed by atoms with Gasteiger partial charge in [-0.1, -0.05) is 11.3 Å². The fraction of sp³-hybridized carbons (Fsp3) is 0. The summed E-state index contributed by atoms with van der Waals surface area (Å²) >= 11 is 6.51. The van der Waals surface area contributed by atoms with Crippen LogP contribution in [0.15, 0.2) is 22.8 Å². The number of hydrogen-bond donors (Lipinski definition) is 1. The number of hydrogen-bond acceptors (Lipinski definition) is 7. The highest BCUT2D eigenvalue weighted by Gasteiger charge is 2.16. The third-order valence-corrected chi connectivity index (χ3v) is 3.71. The molecule has 0 unspecified atom stereocenters. The number of rotatable bonds is 3. The van der Waals surface area contributed by atoms with Crippen LogP contribution < -0.4 is 4.72 Å². The lowest BCUT2D eigenvalue weighted by atomic mass is 10.7. The molecule has 0 atom stereocenters. The Labute approximate surface area is 99.6 Å².